The predicted octanol–water partition coefficient (Wildman–Crippen LogP) is 5.76. The number of aromatic nitrogens is 2. The third-order valence-electron chi connectivity index (χ3n) is 6.31. The van der Waals surface area contributed by atoms with Crippen LogP contribution >= 0.6 is 0 Å². The number of nitrogens with zero attached hydrogens (tertiary/aromatic N) is 2. The van der Waals surface area contributed by atoms with E-state index in [1.165, 1.54) is 12.8 Å². The van der Waals surface area contributed by atoms with Gasteiger partial charge in [-0.05, 0) is 31.0 Å². The molecule has 0 radical (unpaired) electrons. The molecule has 5 heteroatoms. The molecule has 0 bridgehead atoms. The second-order valence-corrected chi connectivity index (χ2v) is 8.34. The average molecular weight is 422 g/mol. The van der Waals surface area contributed by atoms with Crippen LogP contribution in [0.15, 0.2) is 79.0 Å². The molecule has 0 unspecified atom stereocenters. The summed E-state index contributed by atoms with van der Waals surface area (Å²) in [6.07, 6.45) is 5.48. The lowest BCUT2D eigenvalue weighted by Crippen LogP contribution is -2.25. The van der Waals surface area contributed by atoms with Crippen molar-refractivity contribution in [3.05, 3.63) is 95.9 Å². The number of aryl methyl sites for hydroxylation is 2. The van der Waals surface area contributed by atoms with Crippen LogP contribution in [0.3, 0.4) is 0 Å². The van der Waals surface area contributed by atoms with E-state index in [-0.39, 0.29) is 5.91 Å². The van der Waals surface area contributed by atoms with Gasteiger partial charge in [-0.15, -0.1) is 0 Å². The Hall–Kier alpha value is -3.86. The van der Waals surface area contributed by atoms with Crippen molar-refractivity contribution in [1.82, 2.24) is 9.55 Å². The van der Waals surface area contributed by atoms with Crippen LogP contribution in [-0.2, 0) is 17.8 Å². The predicted molar refractivity (Wildman–Crippen MR) is 124 cm³/mol. The van der Waals surface area contributed by atoms with Crippen molar-refractivity contribution in [1.29, 1.82) is 0 Å². The van der Waals surface area contributed by atoms with Crippen molar-refractivity contribution >= 4 is 11.6 Å². The Balaban J connectivity index is 1.38. The molecule has 2 aliphatic rings. The summed E-state index contributed by atoms with van der Waals surface area (Å²) in [7, 11) is 0. The fourth-order valence-corrected chi connectivity index (χ4v) is 4.76. The quantitative estimate of drug-likeness (QED) is 0.457. The number of para-hydroxylation sites is 3. The third-order valence-corrected chi connectivity index (χ3v) is 6.31. The summed E-state index contributed by atoms with van der Waals surface area (Å²) in [5.74, 6) is 2.05. The molecule has 32 heavy (non-hydrogen) atoms. The van der Waals surface area contributed by atoms with Crippen molar-refractivity contribution < 1.29 is 9.53 Å². The van der Waals surface area contributed by atoms with Crippen molar-refractivity contribution in [2.24, 2.45) is 0 Å². The van der Waals surface area contributed by atoms with Crippen LogP contribution in [0, 0.1) is 0 Å². The van der Waals surface area contributed by atoms with Crippen LogP contribution in [0.25, 0.3) is 11.3 Å². The number of nitrogens with one attached hydrogen (secondary N) is 1. The molecule has 0 atom stereocenters. The number of hydrogen-bond donors (Lipinski definition) is 1. The molecule has 6 rings (SSSR count). The van der Waals surface area contributed by atoms with E-state index < -0.39 is 5.92 Å². The molecular formula is C27H23N3O2. The van der Waals surface area contributed by atoms with E-state index in [9.17, 15) is 4.79 Å². The molecule has 5 nitrogen and oxygen atoms in total. The minimum atomic E-state index is -0.445. The first-order valence-electron chi connectivity index (χ1n) is 11.1. The molecule has 3 aromatic carbocycles. The van der Waals surface area contributed by atoms with E-state index in [1.807, 2.05) is 72.8 Å². The van der Waals surface area contributed by atoms with E-state index in [1.54, 1.807) is 0 Å². The smallest absolute Gasteiger partial charge is 0.236 e. The molecule has 1 aromatic heterocycles. The number of rotatable bonds is 3. The highest BCUT2D eigenvalue weighted by atomic mass is 16.5. The lowest BCUT2D eigenvalue weighted by Gasteiger charge is -2.27. The largest absolute Gasteiger partial charge is 0.457 e. The number of anilines is 1. The molecule has 0 saturated carbocycles. The van der Waals surface area contributed by atoms with E-state index in [2.05, 4.69) is 16.1 Å². The van der Waals surface area contributed by atoms with Gasteiger partial charge in [-0.25, -0.2) is 4.98 Å². The van der Waals surface area contributed by atoms with Gasteiger partial charge in [0.1, 0.15) is 17.3 Å². The summed E-state index contributed by atoms with van der Waals surface area (Å²) in [6.45, 7) is 1.01. The fourth-order valence-electron chi connectivity index (χ4n) is 4.76. The summed E-state index contributed by atoms with van der Waals surface area (Å²) in [5, 5.41) is 3.20. The fraction of sp³-hybridized carbons (Fsp3) is 0.185. The number of hydrogen-bond acceptors (Lipinski definition) is 3. The highest BCUT2D eigenvalue weighted by molar-refractivity contribution is 6.02. The van der Waals surface area contributed by atoms with Crippen LogP contribution in [0.2, 0.25) is 0 Å². The minimum absolute atomic E-state index is 0.0791. The Morgan fingerprint density at radius 3 is 2.34 bits per heavy atom. The van der Waals surface area contributed by atoms with Crippen LogP contribution in [0.5, 0.6) is 11.5 Å². The van der Waals surface area contributed by atoms with Gasteiger partial charge in [-0.3, -0.25) is 4.79 Å². The Labute approximate surface area is 186 Å². The number of benzene rings is 3. The Morgan fingerprint density at radius 2 is 1.59 bits per heavy atom. The van der Waals surface area contributed by atoms with E-state index in [4.69, 9.17) is 9.72 Å². The molecule has 3 heterocycles. The second-order valence-electron chi connectivity index (χ2n) is 8.34. The number of imidazole rings is 1. The van der Waals surface area contributed by atoms with Crippen LogP contribution < -0.4 is 10.1 Å². The van der Waals surface area contributed by atoms with Gasteiger partial charge in [0, 0.05) is 35.9 Å². The van der Waals surface area contributed by atoms with Gasteiger partial charge in [0.15, 0.2) is 0 Å². The zero-order valence-corrected chi connectivity index (χ0v) is 17.6. The molecule has 0 fully saturated rings. The normalized spacial score (nSPS) is 14.6. The lowest BCUT2D eigenvalue weighted by molar-refractivity contribution is -0.116. The molecule has 1 N–H and O–H groups in total. The number of amides is 1. The van der Waals surface area contributed by atoms with E-state index in [0.29, 0.717) is 0 Å². The molecule has 1 amide bonds. The maximum atomic E-state index is 13.7. The van der Waals surface area contributed by atoms with Crippen molar-refractivity contribution in [3.8, 4) is 22.8 Å². The Kier molecular flexibility index (Phi) is 4.53. The molecule has 0 saturated heterocycles. The maximum absolute atomic E-state index is 13.7. The lowest BCUT2D eigenvalue weighted by atomic mass is 9.87. The number of fused-ring (bicyclic) bond motifs is 3. The standard InChI is InChI=1S/C27H23N3O2/c31-27(26-19-10-2-5-13-23(19)32-24-14-6-3-11-20(24)26)29-21-12-4-1-9-18(21)22-17-30-16-8-7-15-25(30)28-22/h1-6,9-14,17,26H,7-8,15-16H2,(H,29,31). The first-order chi connectivity index (χ1) is 15.8. The minimum Gasteiger partial charge on any atom is -0.457 e. The number of carbonyl (C=O) groups is 1. The van der Waals surface area contributed by atoms with Gasteiger partial charge >= 0.3 is 0 Å². The van der Waals surface area contributed by atoms with E-state index >= 15 is 0 Å². The number of carbonyl (C=O) groups excluding carboxylic acids is 1. The highest BCUT2D eigenvalue weighted by Crippen LogP contribution is 2.44. The maximum Gasteiger partial charge on any atom is 0.236 e. The van der Waals surface area contributed by atoms with Gasteiger partial charge in [-0.2, -0.15) is 0 Å². The van der Waals surface area contributed by atoms with Crippen molar-refractivity contribution in [2.75, 3.05) is 5.32 Å². The first kappa shape index (κ1) is 18.9. The van der Waals surface area contributed by atoms with Crippen LogP contribution in [-0.4, -0.2) is 15.5 Å². The molecule has 2 aliphatic heterocycles. The van der Waals surface area contributed by atoms with E-state index in [0.717, 1.165) is 58.4 Å². The van der Waals surface area contributed by atoms with Crippen molar-refractivity contribution in [2.45, 2.75) is 31.7 Å². The van der Waals surface area contributed by atoms with Gasteiger partial charge in [-0.1, -0.05) is 54.6 Å². The second kappa shape index (κ2) is 7.68. The van der Waals surface area contributed by atoms with Gasteiger partial charge in [0.2, 0.25) is 5.91 Å². The summed E-state index contributed by atoms with van der Waals surface area (Å²) in [5.41, 5.74) is 4.37. The SMILES string of the molecule is O=C(Nc1ccccc1-c1cn2c(n1)CCCC2)C1c2ccccc2Oc2ccccc21. The summed E-state index contributed by atoms with van der Waals surface area (Å²) in [4.78, 5) is 18.5. The monoisotopic (exact) mass is 421 g/mol. The summed E-state index contributed by atoms with van der Waals surface area (Å²) < 4.78 is 8.29. The molecule has 0 aliphatic carbocycles. The van der Waals surface area contributed by atoms with Gasteiger partial charge in [0.25, 0.3) is 0 Å². The number of ether oxygens (including phenoxy) is 1. The highest BCUT2D eigenvalue weighted by Gasteiger charge is 2.32. The molecular weight excluding hydrogens is 398 g/mol. The Morgan fingerprint density at radius 1 is 0.906 bits per heavy atom. The molecule has 4 aromatic rings. The average Bonchev–Trinajstić information content (AvgIpc) is 3.27. The summed E-state index contributed by atoms with van der Waals surface area (Å²) >= 11 is 0. The van der Waals surface area contributed by atoms with Crippen LogP contribution in [0.1, 0.15) is 35.7 Å². The van der Waals surface area contributed by atoms with Gasteiger partial charge in [0.05, 0.1) is 17.3 Å². The third kappa shape index (κ3) is 3.17. The Bertz CT molecular complexity index is 1250. The zero-order chi connectivity index (χ0) is 21.5. The molecule has 158 valence electrons. The van der Waals surface area contributed by atoms with Gasteiger partial charge < -0.3 is 14.6 Å². The topological polar surface area (TPSA) is 56.2 Å². The van der Waals surface area contributed by atoms with Crippen molar-refractivity contribution in [3.63, 3.8) is 0 Å². The summed E-state index contributed by atoms with van der Waals surface area (Å²) in [6, 6.07) is 23.4. The zero-order valence-electron chi connectivity index (χ0n) is 17.6. The first-order valence-corrected chi connectivity index (χ1v) is 11.1. The van der Waals surface area contributed by atoms with Crippen LogP contribution in [0.4, 0.5) is 5.69 Å². The molecule has 0 spiro atoms.